The van der Waals surface area contributed by atoms with Gasteiger partial charge < -0.3 is 20.1 Å². The van der Waals surface area contributed by atoms with Crippen molar-refractivity contribution < 1.29 is 23.9 Å². The fourth-order valence-electron chi connectivity index (χ4n) is 2.85. The summed E-state index contributed by atoms with van der Waals surface area (Å²) >= 11 is 6.96. The second-order valence-electron chi connectivity index (χ2n) is 6.60. The molecule has 0 aliphatic heterocycles. The minimum atomic E-state index is -0.623. The Balaban J connectivity index is 1.81. The van der Waals surface area contributed by atoms with Crippen LogP contribution in [0.25, 0.3) is 0 Å². The fraction of sp³-hybridized carbons (Fsp3) is 0.174. The first-order chi connectivity index (χ1) is 15.4. The van der Waals surface area contributed by atoms with Crippen LogP contribution in [0.1, 0.15) is 32.5 Å². The number of anilines is 2. The average molecular weight is 473 g/mol. The third-order valence-electron chi connectivity index (χ3n) is 4.28. The van der Waals surface area contributed by atoms with Crippen LogP contribution in [0.5, 0.6) is 5.75 Å². The molecule has 7 nitrogen and oxygen atoms in total. The monoisotopic (exact) mass is 472 g/mol. The molecule has 1 aromatic heterocycles. The van der Waals surface area contributed by atoms with Gasteiger partial charge in [0.25, 0.3) is 11.8 Å². The van der Waals surface area contributed by atoms with Gasteiger partial charge in [-0.25, -0.2) is 4.79 Å². The Morgan fingerprint density at radius 2 is 1.78 bits per heavy atom. The van der Waals surface area contributed by atoms with Crippen LogP contribution in [0.3, 0.4) is 0 Å². The standard InChI is InChI=1S/C23H21ClN2O5S/c1-3-30-23(29)19-14(2)20(21(28)25-16-9-7-8-15(24)12-16)32-22(19)26-18(27)13-31-17-10-5-4-6-11-17/h4-12H,3,13H2,1-2H3,(H,25,28)(H,26,27). The third-order valence-corrected chi connectivity index (χ3v) is 5.72. The van der Waals surface area contributed by atoms with Crippen LogP contribution >= 0.6 is 22.9 Å². The first kappa shape index (κ1) is 23.3. The Bertz CT molecular complexity index is 1130. The van der Waals surface area contributed by atoms with E-state index in [2.05, 4.69) is 10.6 Å². The van der Waals surface area contributed by atoms with E-state index in [0.29, 0.717) is 22.0 Å². The Labute approximate surface area is 194 Å². The molecule has 0 bridgehead atoms. The molecule has 0 fully saturated rings. The maximum Gasteiger partial charge on any atom is 0.341 e. The van der Waals surface area contributed by atoms with Crippen molar-refractivity contribution in [1.29, 1.82) is 0 Å². The molecule has 2 aromatic carbocycles. The van der Waals surface area contributed by atoms with E-state index in [1.165, 1.54) is 0 Å². The number of hydrogen-bond acceptors (Lipinski definition) is 6. The van der Waals surface area contributed by atoms with Gasteiger partial charge in [0.15, 0.2) is 6.61 Å². The number of amides is 2. The molecule has 0 atom stereocenters. The van der Waals surface area contributed by atoms with Gasteiger partial charge in [0.2, 0.25) is 0 Å². The van der Waals surface area contributed by atoms with Crippen LogP contribution in [0.2, 0.25) is 5.02 Å². The number of halogens is 1. The highest BCUT2D eigenvalue weighted by atomic mass is 35.5. The van der Waals surface area contributed by atoms with Crippen molar-refractivity contribution in [2.45, 2.75) is 13.8 Å². The van der Waals surface area contributed by atoms with Gasteiger partial charge >= 0.3 is 5.97 Å². The summed E-state index contributed by atoms with van der Waals surface area (Å²) in [7, 11) is 0. The lowest BCUT2D eigenvalue weighted by Crippen LogP contribution is -2.21. The van der Waals surface area contributed by atoms with Crippen molar-refractivity contribution >= 4 is 51.4 Å². The Morgan fingerprint density at radius 3 is 2.47 bits per heavy atom. The highest BCUT2D eigenvalue weighted by Gasteiger charge is 2.27. The fourth-order valence-corrected chi connectivity index (χ4v) is 4.15. The largest absolute Gasteiger partial charge is 0.484 e. The van der Waals surface area contributed by atoms with Crippen LogP contribution in [0.4, 0.5) is 10.7 Å². The van der Waals surface area contributed by atoms with Crippen LogP contribution < -0.4 is 15.4 Å². The summed E-state index contributed by atoms with van der Waals surface area (Å²) < 4.78 is 10.6. The summed E-state index contributed by atoms with van der Waals surface area (Å²) in [5.41, 5.74) is 1.06. The zero-order valence-corrected chi connectivity index (χ0v) is 19.0. The molecule has 2 amide bonds. The average Bonchev–Trinajstić information content (AvgIpc) is 3.09. The van der Waals surface area contributed by atoms with Gasteiger partial charge in [-0.3, -0.25) is 9.59 Å². The van der Waals surface area contributed by atoms with Gasteiger partial charge in [0, 0.05) is 10.7 Å². The van der Waals surface area contributed by atoms with E-state index in [-0.39, 0.29) is 28.7 Å². The number of esters is 1. The summed E-state index contributed by atoms with van der Waals surface area (Å²) in [5.74, 6) is -0.983. The minimum Gasteiger partial charge on any atom is -0.484 e. The van der Waals surface area contributed by atoms with Crippen LogP contribution in [0.15, 0.2) is 54.6 Å². The number of hydrogen-bond donors (Lipinski definition) is 2. The first-order valence-corrected chi connectivity index (χ1v) is 10.9. The molecule has 2 N–H and O–H groups in total. The molecule has 0 aliphatic rings. The van der Waals surface area contributed by atoms with Gasteiger partial charge in [0.1, 0.15) is 10.8 Å². The van der Waals surface area contributed by atoms with Gasteiger partial charge in [0.05, 0.1) is 17.0 Å². The first-order valence-electron chi connectivity index (χ1n) is 9.74. The minimum absolute atomic E-state index is 0.140. The molecule has 9 heteroatoms. The molecular formula is C23H21ClN2O5S. The molecule has 0 spiro atoms. The van der Waals surface area contributed by atoms with Crippen LogP contribution in [0, 0.1) is 6.92 Å². The maximum atomic E-state index is 12.9. The topological polar surface area (TPSA) is 93.7 Å². The van der Waals surface area contributed by atoms with E-state index >= 15 is 0 Å². The number of thiophene rings is 1. The summed E-state index contributed by atoms with van der Waals surface area (Å²) in [4.78, 5) is 38.1. The summed E-state index contributed by atoms with van der Waals surface area (Å²) in [6, 6.07) is 15.6. The maximum absolute atomic E-state index is 12.9. The quantitative estimate of drug-likeness (QED) is 0.442. The number of para-hydroxylation sites is 1. The molecule has 166 valence electrons. The second kappa shape index (κ2) is 10.8. The van der Waals surface area contributed by atoms with Crippen molar-refractivity contribution in [1.82, 2.24) is 0 Å². The van der Waals surface area contributed by atoms with E-state index in [0.717, 1.165) is 11.3 Å². The molecule has 3 rings (SSSR count). The van der Waals surface area contributed by atoms with Crippen LogP contribution in [-0.2, 0) is 9.53 Å². The van der Waals surface area contributed by atoms with E-state index in [4.69, 9.17) is 21.1 Å². The van der Waals surface area contributed by atoms with Crippen molar-refractivity contribution in [2.75, 3.05) is 23.8 Å². The SMILES string of the molecule is CCOC(=O)c1c(NC(=O)COc2ccccc2)sc(C(=O)Nc2cccc(Cl)c2)c1C. The van der Waals surface area contributed by atoms with E-state index in [1.807, 2.05) is 6.07 Å². The van der Waals surface area contributed by atoms with E-state index in [9.17, 15) is 14.4 Å². The number of carbonyl (C=O) groups excluding carboxylic acids is 3. The molecule has 3 aromatic rings. The second-order valence-corrected chi connectivity index (χ2v) is 8.05. The molecular weight excluding hydrogens is 452 g/mol. The van der Waals surface area contributed by atoms with Crippen LogP contribution in [-0.4, -0.2) is 31.0 Å². The smallest absolute Gasteiger partial charge is 0.341 e. The molecule has 0 saturated carbocycles. The number of ether oxygens (including phenoxy) is 2. The Hall–Kier alpha value is -3.36. The Morgan fingerprint density at radius 1 is 1.03 bits per heavy atom. The predicted octanol–water partition coefficient (Wildman–Crippen LogP) is 5.16. The molecule has 0 radical (unpaired) electrons. The predicted molar refractivity (Wildman–Crippen MR) is 125 cm³/mol. The molecule has 1 heterocycles. The van der Waals surface area contributed by atoms with Gasteiger partial charge in [-0.15, -0.1) is 11.3 Å². The van der Waals surface area contributed by atoms with Crippen molar-refractivity contribution in [3.63, 3.8) is 0 Å². The zero-order valence-electron chi connectivity index (χ0n) is 17.4. The number of nitrogens with one attached hydrogen (secondary N) is 2. The molecule has 0 aliphatic carbocycles. The van der Waals surface area contributed by atoms with Gasteiger partial charge in [-0.1, -0.05) is 35.9 Å². The molecule has 32 heavy (non-hydrogen) atoms. The summed E-state index contributed by atoms with van der Waals surface area (Å²) in [6.45, 7) is 3.21. The molecule has 0 saturated heterocycles. The zero-order chi connectivity index (χ0) is 23.1. The van der Waals surface area contributed by atoms with Crippen molar-refractivity contribution in [2.24, 2.45) is 0 Å². The highest BCUT2D eigenvalue weighted by Crippen LogP contribution is 2.34. The number of benzene rings is 2. The molecule has 0 unspecified atom stereocenters. The Kier molecular flexibility index (Phi) is 7.86. The number of carbonyl (C=O) groups is 3. The lowest BCUT2D eigenvalue weighted by molar-refractivity contribution is -0.118. The van der Waals surface area contributed by atoms with E-state index < -0.39 is 17.8 Å². The van der Waals surface area contributed by atoms with Crippen molar-refractivity contribution in [3.8, 4) is 5.75 Å². The normalized spacial score (nSPS) is 10.3. The van der Waals surface area contributed by atoms with E-state index in [1.54, 1.807) is 62.4 Å². The summed E-state index contributed by atoms with van der Waals surface area (Å²) in [5, 5.41) is 6.11. The third kappa shape index (κ3) is 5.87. The van der Waals surface area contributed by atoms with Gasteiger partial charge in [-0.2, -0.15) is 0 Å². The van der Waals surface area contributed by atoms with Gasteiger partial charge in [-0.05, 0) is 49.7 Å². The number of rotatable bonds is 8. The summed E-state index contributed by atoms with van der Waals surface area (Å²) in [6.07, 6.45) is 0. The van der Waals surface area contributed by atoms with Crippen molar-refractivity contribution in [3.05, 3.63) is 75.6 Å². The lowest BCUT2D eigenvalue weighted by Gasteiger charge is -2.08. The lowest BCUT2D eigenvalue weighted by atomic mass is 10.1. The highest BCUT2D eigenvalue weighted by molar-refractivity contribution is 7.19.